The van der Waals surface area contributed by atoms with Crippen molar-refractivity contribution in [1.82, 2.24) is 15.5 Å². The van der Waals surface area contributed by atoms with Gasteiger partial charge in [0.15, 0.2) is 5.96 Å². The van der Waals surface area contributed by atoms with Crippen LogP contribution in [0.5, 0.6) is 0 Å². The van der Waals surface area contributed by atoms with Crippen LogP contribution in [0.2, 0.25) is 0 Å². The fraction of sp³-hybridized carbons (Fsp3) is 0.923. The largest absolute Gasteiger partial charge is 0.359 e. The van der Waals surface area contributed by atoms with Gasteiger partial charge in [-0.2, -0.15) is 0 Å². The van der Waals surface area contributed by atoms with Gasteiger partial charge in [-0.05, 0) is 39.2 Å². The molecule has 0 bridgehead atoms. The van der Waals surface area contributed by atoms with Crippen LogP contribution in [0.15, 0.2) is 4.99 Å². The number of hydrogen-bond donors (Lipinski definition) is 2. The van der Waals surface area contributed by atoms with Crippen molar-refractivity contribution in [2.45, 2.75) is 39.2 Å². The summed E-state index contributed by atoms with van der Waals surface area (Å²) in [4.78, 5) is 6.74. The first kappa shape index (κ1) is 18.0. The molecule has 4 nitrogen and oxygen atoms in total. The number of nitrogens with one attached hydrogen (secondary N) is 2. The molecule has 1 saturated heterocycles. The van der Waals surface area contributed by atoms with Crippen LogP contribution in [0.3, 0.4) is 0 Å². The molecule has 1 heterocycles. The van der Waals surface area contributed by atoms with Crippen molar-refractivity contribution in [1.29, 1.82) is 0 Å². The number of likely N-dealkylation sites (tertiary alicyclic amines) is 1. The third-order valence-electron chi connectivity index (χ3n) is 3.66. The van der Waals surface area contributed by atoms with Gasteiger partial charge < -0.3 is 10.6 Å². The Kier molecular flexibility index (Phi) is 8.18. The van der Waals surface area contributed by atoms with Gasteiger partial charge in [-0.15, -0.1) is 24.0 Å². The number of halogens is 1. The molecule has 0 amide bonds. The molecule has 0 aliphatic carbocycles. The lowest BCUT2D eigenvalue weighted by Crippen LogP contribution is -2.55. The van der Waals surface area contributed by atoms with Crippen LogP contribution in [0.1, 0.15) is 33.6 Å². The maximum absolute atomic E-state index is 4.15. The molecule has 0 aromatic rings. The number of rotatable bonds is 3. The van der Waals surface area contributed by atoms with Gasteiger partial charge >= 0.3 is 0 Å². The van der Waals surface area contributed by atoms with E-state index in [1.54, 1.807) is 7.05 Å². The molecule has 5 heteroatoms. The first-order valence-corrected chi connectivity index (χ1v) is 6.63. The monoisotopic (exact) mass is 368 g/mol. The molecular formula is C13H29IN4. The quantitative estimate of drug-likeness (QED) is 0.454. The van der Waals surface area contributed by atoms with E-state index in [1.807, 2.05) is 7.05 Å². The van der Waals surface area contributed by atoms with E-state index in [1.165, 1.54) is 25.9 Å². The Morgan fingerprint density at radius 3 is 2.61 bits per heavy atom. The summed E-state index contributed by atoms with van der Waals surface area (Å²) in [6.07, 6.45) is 2.70. The molecule has 0 spiro atoms. The molecule has 18 heavy (non-hydrogen) atoms. The molecule has 1 rings (SSSR count). The summed E-state index contributed by atoms with van der Waals surface area (Å²) >= 11 is 0. The van der Waals surface area contributed by atoms with E-state index in [-0.39, 0.29) is 29.5 Å². The highest BCUT2D eigenvalue weighted by Gasteiger charge is 2.29. The molecule has 0 aromatic heterocycles. The SMILES string of the molecule is CN=C(NC)NCC(C)(C)N1CCCC(C)C1.I. The number of nitrogens with zero attached hydrogens (tertiary/aromatic N) is 2. The predicted molar refractivity (Wildman–Crippen MR) is 89.9 cm³/mol. The zero-order chi connectivity index (χ0) is 12.9. The number of guanidine groups is 1. The second-order valence-electron chi connectivity index (χ2n) is 5.68. The van der Waals surface area contributed by atoms with E-state index >= 15 is 0 Å². The Hall–Kier alpha value is -0.0400. The van der Waals surface area contributed by atoms with Gasteiger partial charge in [0.2, 0.25) is 0 Å². The Morgan fingerprint density at radius 2 is 2.11 bits per heavy atom. The van der Waals surface area contributed by atoms with Crippen LogP contribution in [0, 0.1) is 5.92 Å². The summed E-state index contributed by atoms with van der Waals surface area (Å²) < 4.78 is 0. The fourth-order valence-electron chi connectivity index (χ4n) is 2.43. The third-order valence-corrected chi connectivity index (χ3v) is 3.66. The molecule has 0 radical (unpaired) electrons. The van der Waals surface area contributed by atoms with Gasteiger partial charge in [0, 0.05) is 32.7 Å². The molecule has 0 saturated carbocycles. The standard InChI is InChI=1S/C13H28N4.HI/c1-11-7-6-8-17(9-11)13(2,3)10-16-12(14-4)15-5;/h11H,6-10H2,1-5H3,(H2,14,15,16);1H. The summed E-state index contributed by atoms with van der Waals surface area (Å²) in [5.74, 6) is 1.69. The fourth-order valence-corrected chi connectivity index (χ4v) is 2.43. The lowest BCUT2D eigenvalue weighted by atomic mass is 9.93. The minimum absolute atomic E-state index is 0. The summed E-state index contributed by atoms with van der Waals surface area (Å²) in [6.45, 7) is 10.3. The van der Waals surface area contributed by atoms with E-state index in [9.17, 15) is 0 Å². The van der Waals surface area contributed by atoms with Crippen LogP contribution in [-0.2, 0) is 0 Å². The molecule has 1 atom stereocenters. The van der Waals surface area contributed by atoms with Gasteiger partial charge in [0.25, 0.3) is 0 Å². The Morgan fingerprint density at radius 1 is 1.44 bits per heavy atom. The average Bonchev–Trinajstić information content (AvgIpc) is 2.30. The topological polar surface area (TPSA) is 39.7 Å². The van der Waals surface area contributed by atoms with Gasteiger partial charge in [-0.1, -0.05) is 6.92 Å². The summed E-state index contributed by atoms with van der Waals surface area (Å²) in [5, 5.41) is 6.43. The number of piperidine rings is 1. The lowest BCUT2D eigenvalue weighted by Gasteiger charge is -2.43. The normalized spacial score (nSPS) is 22.3. The van der Waals surface area contributed by atoms with Gasteiger partial charge in [-0.3, -0.25) is 9.89 Å². The minimum Gasteiger partial charge on any atom is -0.359 e. The zero-order valence-corrected chi connectivity index (χ0v) is 14.7. The van der Waals surface area contributed by atoms with Crippen molar-refractivity contribution < 1.29 is 0 Å². The van der Waals surface area contributed by atoms with Crippen LogP contribution in [0.4, 0.5) is 0 Å². The molecule has 1 unspecified atom stereocenters. The Balaban J connectivity index is 0.00000289. The number of aliphatic imine (C=N–C) groups is 1. The smallest absolute Gasteiger partial charge is 0.190 e. The predicted octanol–water partition coefficient (Wildman–Crippen LogP) is 1.91. The second kappa shape index (κ2) is 8.19. The van der Waals surface area contributed by atoms with Gasteiger partial charge in [0.1, 0.15) is 0 Å². The minimum atomic E-state index is 0. The van der Waals surface area contributed by atoms with Crippen molar-refractivity contribution in [2.24, 2.45) is 10.9 Å². The van der Waals surface area contributed by atoms with E-state index in [4.69, 9.17) is 0 Å². The lowest BCUT2D eigenvalue weighted by molar-refractivity contribution is 0.0740. The first-order valence-electron chi connectivity index (χ1n) is 6.63. The van der Waals surface area contributed by atoms with Crippen LogP contribution >= 0.6 is 24.0 Å². The molecule has 108 valence electrons. The van der Waals surface area contributed by atoms with Gasteiger partial charge in [-0.25, -0.2) is 0 Å². The maximum atomic E-state index is 4.15. The highest BCUT2D eigenvalue weighted by Crippen LogP contribution is 2.23. The zero-order valence-electron chi connectivity index (χ0n) is 12.4. The highest BCUT2D eigenvalue weighted by molar-refractivity contribution is 14.0. The molecule has 1 aliphatic rings. The third kappa shape index (κ3) is 5.30. The molecule has 2 N–H and O–H groups in total. The maximum Gasteiger partial charge on any atom is 0.190 e. The molecule has 1 aliphatic heterocycles. The van der Waals surface area contributed by atoms with Crippen LogP contribution in [-0.4, -0.2) is 50.1 Å². The highest BCUT2D eigenvalue weighted by atomic mass is 127. The summed E-state index contributed by atoms with van der Waals surface area (Å²) in [6, 6.07) is 0. The van der Waals surface area contributed by atoms with Crippen molar-refractivity contribution in [3.05, 3.63) is 0 Å². The molecule has 1 fully saturated rings. The van der Waals surface area contributed by atoms with Gasteiger partial charge in [0.05, 0.1) is 0 Å². The number of hydrogen-bond acceptors (Lipinski definition) is 2. The molecular weight excluding hydrogens is 339 g/mol. The van der Waals surface area contributed by atoms with E-state index < -0.39 is 0 Å². The second-order valence-corrected chi connectivity index (χ2v) is 5.68. The van der Waals surface area contributed by atoms with E-state index in [2.05, 4.69) is 41.3 Å². The van der Waals surface area contributed by atoms with Crippen molar-refractivity contribution in [3.63, 3.8) is 0 Å². The van der Waals surface area contributed by atoms with E-state index in [0.29, 0.717) is 0 Å². The van der Waals surface area contributed by atoms with Crippen LogP contribution in [0.25, 0.3) is 0 Å². The van der Waals surface area contributed by atoms with E-state index in [0.717, 1.165) is 18.4 Å². The first-order chi connectivity index (χ1) is 7.99. The van der Waals surface area contributed by atoms with Crippen LogP contribution < -0.4 is 10.6 Å². The Labute approximate surface area is 129 Å². The van der Waals surface area contributed by atoms with Crippen molar-refractivity contribution in [2.75, 3.05) is 33.7 Å². The summed E-state index contributed by atoms with van der Waals surface area (Å²) in [5.41, 5.74) is 0.182. The molecule has 0 aromatic carbocycles. The van der Waals surface area contributed by atoms with Crippen molar-refractivity contribution >= 4 is 29.9 Å². The van der Waals surface area contributed by atoms with Crippen molar-refractivity contribution in [3.8, 4) is 0 Å². The Bertz CT molecular complexity index is 266. The summed E-state index contributed by atoms with van der Waals surface area (Å²) in [7, 11) is 3.69. The average molecular weight is 368 g/mol.